The predicted octanol–water partition coefficient (Wildman–Crippen LogP) is 6.50. The predicted molar refractivity (Wildman–Crippen MR) is 159 cm³/mol. The van der Waals surface area contributed by atoms with Gasteiger partial charge in [-0.1, -0.05) is 69.5 Å². The van der Waals surface area contributed by atoms with Crippen LogP contribution in [0, 0.1) is 13.8 Å². The molecule has 11 heteroatoms. The van der Waals surface area contributed by atoms with Crippen molar-refractivity contribution in [2.45, 2.75) is 25.3 Å². The van der Waals surface area contributed by atoms with Crippen molar-refractivity contribution in [3.63, 3.8) is 0 Å². The van der Waals surface area contributed by atoms with Gasteiger partial charge in [0.1, 0.15) is 0 Å². The van der Waals surface area contributed by atoms with Crippen LogP contribution in [-0.4, -0.2) is 36.0 Å². The van der Waals surface area contributed by atoms with Crippen LogP contribution in [0.3, 0.4) is 0 Å². The van der Waals surface area contributed by atoms with E-state index in [0.717, 1.165) is 37.0 Å². The van der Waals surface area contributed by atoms with Crippen LogP contribution in [0.2, 0.25) is 10.0 Å². The zero-order valence-corrected chi connectivity index (χ0v) is 25.0. The monoisotopic (exact) mass is 646 g/mol. The van der Waals surface area contributed by atoms with Crippen LogP contribution < -0.4 is 5.43 Å². The number of benzene rings is 3. The summed E-state index contributed by atoms with van der Waals surface area (Å²) in [5.41, 5.74) is 6.53. The molecule has 0 radical (unpaired) electrons. The Hall–Kier alpha value is -2.95. The number of halogens is 3. The van der Waals surface area contributed by atoms with E-state index in [4.69, 9.17) is 23.2 Å². The molecule has 4 aromatic rings. The van der Waals surface area contributed by atoms with Gasteiger partial charge in [-0.15, -0.1) is 0 Å². The topological polar surface area (TPSA) is 83.8 Å². The number of hydrogen-bond acceptors (Lipinski definition) is 4. The average Bonchev–Trinajstić information content (AvgIpc) is 3.17. The van der Waals surface area contributed by atoms with Crippen LogP contribution in [0.4, 0.5) is 0 Å². The Bertz CT molecular complexity index is 1620. The lowest BCUT2D eigenvalue weighted by Crippen LogP contribution is -2.39. The molecule has 0 atom stereocenters. The molecule has 0 saturated heterocycles. The lowest BCUT2D eigenvalue weighted by Gasteiger charge is -2.21. The van der Waals surface area contributed by atoms with Crippen molar-refractivity contribution in [2.75, 3.05) is 6.54 Å². The van der Waals surface area contributed by atoms with Gasteiger partial charge in [0.25, 0.3) is 5.91 Å². The Labute approximate surface area is 246 Å². The minimum Gasteiger partial charge on any atom is -0.316 e. The highest BCUT2D eigenvalue weighted by atomic mass is 79.9. The van der Waals surface area contributed by atoms with E-state index < -0.39 is 22.5 Å². The van der Waals surface area contributed by atoms with E-state index in [-0.39, 0.29) is 11.4 Å². The molecule has 0 fully saturated rings. The molecule has 0 bridgehead atoms. The van der Waals surface area contributed by atoms with Gasteiger partial charge < -0.3 is 4.57 Å². The average molecular weight is 648 g/mol. The smallest absolute Gasteiger partial charge is 0.255 e. The van der Waals surface area contributed by atoms with E-state index in [9.17, 15) is 13.2 Å². The summed E-state index contributed by atoms with van der Waals surface area (Å²) >= 11 is 15.8. The van der Waals surface area contributed by atoms with Gasteiger partial charge in [-0.2, -0.15) is 9.41 Å². The van der Waals surface area contributed by atoms with Gasteiger partial charge in [-0.05, 0) is 67.9 Å². The maximum Gasteiger partial charge on any atom is 0.255 e. The second-order valence-corrected chi connectivity index (χ2v) is 12.5. The Kier molecular flexibility index (Phi) is 9.30. The van der Waals surface area contributed by atoms with Crippen molar-refractivity contribution in [1.82, 2.24) is 14.3 Å². The number of aryl methyl sites for hydroxylation is 1. The van der Waals surface area contributed by atoms with Gasteiger partial charge >= 0.3 is 0 Å². The van der Waals surface area contributed by atoms with Crippen molar-refractivity contribution in [3.05, 3.63) is 116 Å². The Morgan fingerprint density at radius 1 is 1.03 bits per heavy atom. The van der Waals surface area contributed by atoms with Crippen LogP contribution in [0.5, 0.6) is 0 Å². The second kappa shape index (κ2) is 12.5. The molecule has 0 aliphatic carbocycles. The van der Waals surface area contributed by atoms with E-state index in [1.165, 1.54) is 18.3 Å². The second-order valence-electron chi connectivity index (χ2n) is 8.76. The summed E-state index contributed by atoms with van der Waals surface area (Å²) in [7, 11) is -3.96. The molecule has 1 amide bonds. The minimum absolute atomic E-state index is 0.0272. The fraction of sp³-hybridized carbons (Fsp3) is 0.143. The summed E-state index contributed by atoms with van der Waals surface area (Å²) in [6.45, 7) is 3.46. The van der Waals surface area contributed by atoms with Crippen molar-refractivity contribution in [3.8, 4) is 5.69 Å². The third-order valence-corrected chi connectivity index (χ3v) is 8.86. The third kappa shape index (κ3) is 6.98. The molecular weight excluding hydrogens is 623 g/mol. The van der Waals surface area contributed by atoms with Gasteiger partial charge in [-0.25, -0.2) is 13.8 Å². The highest BCUT2D eigenvalue weighted by Gasteiger charge is 2.27. The zero-order valence-electron chi connectivity index (χ0n) is 21.1. The molecule has 1 heterocycles. The number of carbonyl (C=O) groups is 1. The van der Waals surface area contributed by atoms with Gasteiger partial charge in [0.05, 0.1) is 28.4 Å². The van der Waals surface area contributed by atoms with Crippen LogP contribution in [-0.2, 0) is 21.4 Å². The first-order valence-corrected chi connectivity index (χ1v) is 14.8. The van der Waals surface area contributed by atoms with Crippen LogP contribution in [0.15, 0.2) is 93.3 Å². The number of sulfonamides is 1. The van der Waals surface area contributed by atoms with Crippen molar-refractivity contribution in [1.29, 1.82) is 0 Å². The first kappa shape index (κ1) is 29.0. The first-order chi connectivity index (χ1) is 18.6. The standard InChI is InChI=1S/C28H25BrCl2N4O3S/c1-19-14-22(20(2)35(19)27-13-10-24(30)15-26(27)31)16-32-33-28(36)18-34(17-21-6-4-3-5-7-21)39(37,38)25-11-8-23(29)9-12-25/h3-16H,17-18H2,1-2H3,(H,33,36)/b32-16+. The summed E-state index contributed by atoms with van der Waals surface area (Å²) in [6, 6.07) is 22.6. The number of hydrogen-bond donors (Lipinski definition) is 1. The molecule has 0 unspecified atom stereocenters. The Balaban J connectivity index is 1.52. The number of nitrogens with zero attached hydrogens (tertiary/aromatic N) is 3. The molecule has 0 spiro atoms. The number of hydrazone groups is 1. The molecule has 3 aromatic carbocycles. The van der Waals surface area contributed by atoms with E-state index >= 15 is 0 Å². The molecule has 0 aliphatic rings. The molecule has 202 valence electrons. The van der Waals surface area contributed by atoms with E-state index in [1.807, 2.05) is 60.9 Å². The third-order valence-electron chi connectivity index (χ3n) is 5.99. The van der Waals surface area contributed by atoms with Crippen LogP contribution in [0.25, 0.3) is 5.69 Å². The van der Waals surface area contributed by atoms with Crippen LogP contribution in [0.1, 0.15) is 22.5 Å². The zero-order chi connectivity index (χ0) is 28.2. The SMILES string of the molecule is Cc1cc(/C=N/NC(=O)CN(Cc2ccccc2)S(=O)(=O)c2ccc(Br)cc2)c(C)n1-c1ccc(Cl)cc1Cl. The molecular formula is C28H25BrCl2N4O3S. The first-order valence-electron chi connectivity index (χ1n) is 11.8. The summed E-state index contributed by atoms with van der Waals surface area (Å²) in [6.07, 6.45) is 1.52. The lowest BCUT2D eigenvalue weighted by molar-refractivity contribution is -0.121. The van der Waals surface area contributed by atoms with Gasteiger partial charge in [-0.3, -0.25) is 4.79 Å². The summed E-state index contributed by atoms with van der Waals surface area (Å²) in [5.74, 6) is -0.572. The van der Waals surface area contributed by atoms with Crippen molar-refractivity contribution >= 4 is 61.3 Å². The Morgan fingerprint density at radius 3 is 2.38 bits per heavy atom. The minimum atomic E-state index is -3.96. The quantitative estimate of drug-likeness (QED) is 0.166. The van der Waals surface area contributed by atoms with Crippen molar-refractivity contribution in [2.24, 2.45) is 5.10 Å². The molecule has 1 N–H and O–H groups in total. The van der Waals surface area contributed by atoms with Crippen molar-refractivity contribution < 1.29 is 13.2 Å². The molecule has 0 aliphatic heterocycles. The maximum atomic E-state index is 13.4. The highest BCUT2D eigenvalue weighted by Crippen LogP contribution is 2.28. The molecule has 7 nitrogen and oxygen atoms in total. The van der Waals surface area contributed by atoms with Crippen LogP contribution >= 0.6 is 39.1 Å². The number of nitrogens with one attached hydrogen (secondary N) is 1. The van der Waals surface area contributed by atoms with Gasteiger partial charge in [0, 0.05) is 33.0 Å². The molecule has 4 rings (SSSR count). The van der Waals surface area contributed by atoms with Gasteiger partial charge in [0.2, 0.25) is 10.0 Å². The number of rotatable bonds is 9. The lowest BCUT2D eigenvalue weighted by atomic mass is 10.2. The summed E-state index contributed by atoms with van der Waals surface area (Å²) in [5, 5.41) is 5.14. The summed E-state index contributed by atoms with van der Waals surface area (Å²) in [4.78, 5) is 12.9. The van der Waals surface area contributed by atoms with E-state index in [0.29, 0.717) is 10.0 Å². The molecule has 1 aromatic heterocycles. The highest BCUT2D eigenvalue weighted by molar-refractivity contribution is 9.10. The fourth-order valence-corrected chi connectivity index (χ4v) is 6.23. The summed E-state index contributed by atoms with van der Waals surface area (Å²) < 4.78 is 30.7. The molecule has 0 saturated carbocycles. The van der Waals surface area contributed by atoms with Gasteiger partial charge in [0.15, 0.2) is 0 Å². The van der Waals surface area contributed by atoms with E-state index in [2.05, 4.69) is 26.5 Å². The fourth-order valence-electron chi connectivity index (χ4n) is 4.09. The maximum absolute atomic E-state index is 13.4. The normalized spacial score (nSPS) is 11.8. The number of aromatic nitrogens is 1. The number of carbonyl (C=O) groups excluding carboxylic acids is 1. The van der Waals surface area contributed by atoms with E-state index in [1.54, 1.807) is 24.3 Å². The molecule has 39 heavy (non-hydrogen) atoms. The Morgan fingerprint density at radius 2 is 1.72 bits per heavy atom. The number of amides is 1. The largest absolute Gasteiger partial charge is 0.316 e.